The number of hydrogen-bond acceptors (Lipinski definition) is 8. The predicted octanol–water partition coefficient (Wildman–Crippen LogP) is 4.01. The molecule has 4 atom stereocenters. The first kappa shape index (κ1) is 25.9. The summed E-state index contributed by atoms with van der Waals surface area (Å²) in [7, 11) is 2.93. The Morgan fingerprint density at radius 1 is 1.12 bits per heavy atom. The van der Waals surface area contributed by atoms with E-state index in [9.17, 15) is 9.59 Å². The Balaban J connectivity index is 2.11. The van der Waals surface area contributed by atoms with Gasteiger partial charge < -0.3 is 28.4 Å². The van der Waals surface area contributed by atoms with E-state index in [-0.39, 0.29) is 18.1 Å². The van der Waals surface area contributed by atoms with Crippen LogP contribution in [0.4, 0.5) is 4.39 Å². The normalized spacial score (nSPS) is 31.0. The van der Waals surface area contributed by atoms with E-state index in [4.69, 9.17) is 28.4 Å². The summed E-state index contributed by atoms with van der Waals surface area (Å²) in [4.78, 5) is 26.0. The number of carbonyl (C=O) groups is 2. The Bertz CT molecular complexity index is 981. The number of ketones is 1. The van der Waals surface area contributed by atoms with Crippen LogP contribution in [0.25, 0.3) is 6.08 Å². The summed E-state index contributed by atoms with van der Waals surface area (Å²) in [5.41, 5.74) is -1.61. The van der Waals surface area contributed by atoms with Crippen molar-refractivity contribution < 1.29 is 42.4 Å². The first-order valence-corrected chi connectivity index (χ1v) is 11.0. The molecule has 34 heavy (non-hydrogen) atoms. The van der Waals surface area contributed by atoms with Crippen LogP contribution < -0.4 is 9.47 Å². The number of rotatable bonds is 4. The molecule has 0 aromatic heterocycles. The maximum absolute atomic E-state index is 15.4. The summed E-state index contributed by atoms with van der Waals surface area (Å²) in [6, 6.07) is 3.16. The highest BCUT2D eigenvalue weighted by atomic mass is 19.1. The molecule has 1 aromatic carbocycles. The van der Waals surface area contributed by atoms with Crippen LogP contribution in [0.3, 0.4) is 0 Å². The van der Waals surface area contributed by atoms with E-state index in [2.05, 4.69) is 0 Å². The summed E-state index contributed by atoms with van der Waals surface area (Å²) >= 11 is 0. The van der Waals surface area contributed by atoms with Gasteiger partial charge >= 0.3 is 5.97 Å². The van der Waals surface area contributed by atoms with E-state index in [1.807, 2.05) is 0 Å². The molecule has 3 rings (SSSR count). The van der Waals surface area contributed by atoms with E-state index in [0.717, 1.165) is 12.2 Å². The first-order valence-electron chi connectivity index (χ1n) is 11.0. The number of methoxy groups -OCH3 is 2. The van der Waals surface area contributed by atoms with Gasteiger partial charge in [0.2, 0.25) is 0 Å². The molecule has 0 amide bonds. The quantitative estimate of drug-likeness (QED) is 0.474. The lowest BCUT2D eigenvalue weighted by Crippen LogP contribution is -2.36. The van der Waals surface area contributed by atoms with Gasteiger partial charge in [0.15, 0.2) is 24.0 Å². The van der Waals surface area contributed by atoms with Crippen molar-refractivity contribution in [3.05, 3.63) is 41.5 Å². The lowest BCUT2D eigenvalue weighted by molar-refractivity contribution is -0.152. The molecular weight excluding hydrogens is 447 g/mol. The second-order valence-electron chi connectivity index (χ2n) is 8.81. The molecule has 0 aliphatic carbocycles. The minimum absolute atomic E-state index is 0.0920. The van der Waals surface area contributed by atoms with Gasteiger partial charge in [-0.2, -0.15) is 0 Å². The number of fused-ring (bicyclic) bond motifs is 2. The number of alkyl halides is 1. The van der Waals surface area contributed by atoms with E-state index in [1.54, 1.807) is 32.1 Å². The van der Waals surface area contributed by atoms with Crippen molar-refractivity contribution in [3.63, 3.8) is 0 Å². The zero-order chi connectivity index (χ0) is 25.1. The smallest absolute Gasteiger partial charge is 0.342 e. The lowest BCUT2D eigenvalue weighted by atomic mass is 9.98. The fourth-order valence-electron chi connectivity index (χ4n) is 3.70. The number of carbonyl (C=O) groups excluding carboxylic acids is 2. The second kappa shape index (κ2) is 10.2. The van der Waals surface area contributed by atoms with Crippen LogP contribution in [0.2, 0.25) is 0 Å². The average Bonchev–Trinajstić information content (AvgIpc) is 3.09. The zero-order valence-corrected chi connectivity index (χ0v) is 20.3. The highest BCUT2D eigenvalue weighted by Gasteiger charge is 2.44. The number of esters is 1. The molecule has 8 nitrogen and oxygen atoms in total. The molecule has 1 fully saturated rings. The van der Waals surface area contributed by atoms with Crippen LogP contribution in [0, 0.1) is 0 Å². The van der Waals surface area contributed by atoms with Crippen molar-refractivity contribution in [2.75, 3.05) is 21.0 Å². The second-order valence-corrected chi connectivity index (χ2v) is 8.81. The Kier molecular flexibility index (Phi) is 7.80. The van der Waals surface area contributed by atoms with Gasteiger partial charge in [0.25, 0.3) is 0 Å². The summed E-state index contributed by atoms with van der Waals surface area (Å²) in [5, 5.41) is 0. The summed E-state index contributed by atoms with van der Waals surface area (Å²) in [6.45, 7) is 5.94. The van der Waals surface area contributed by atoms with Gasteiger partial charge in [-0.1, -0.05) is 12.2 Å². The monoisotopic (exact) mass is 478 g/mol. The topological polar surface area (TPSA) is 89.5 Å². The fourth-order valence-corrected chi connectivity index (χ4v) is 3.70. The van der Waals surface area contributed by atoms with Crippen molar-refractivity contribution in [3.8, 4) is 11.5 Å². The molecule has 0 N–H and O–H groups in total. The SMILES string of the molecule is COCOc1cc(OC)cc2c1C(=O)OC(C)C(C)(F)/C=C\C(=O)[C@H]1OC(C)(C)O[C@H]1C/C=C/2. The molecule has 0 saturated carbocycles. The zero-order valence-electron chi connectivity index (χ0n) is 20.3. The molecule has 0 radical (unpaired) electrons. The highest BCUT2D eigenvalue weighted by Crippen LogP contribution is 2.35. The van der Waals surface area contributed by atoms with E-state index in [1.165, 1.54) is 34.1 Å². The van der Waals surface area contributed by atoms with Gasteiger partial charge in [0, 0.05) is 13.2 Å². The minimum Gasteiger partial charge on any atom is -0.497 e. The number of benzene rings is 1. The molecule has 2 aliphatic rings. The maximum atomic E-state index is 15.4. The van der Waals surface area contributed by atoms with Crippen molar-refractivity contribution in [1.82, 2.24) is 0 Å². The molecular formula is C25H31FO8. The number of hydrogen-bond donors (Lipinski definition) is 0. The molecule has 1 saturated heterocycles. The van der Waals surface area contributed by atoms with Gasteiger partial charge in [-0.15, -0.1) is 0 Å². The van der Waals surface area contributed by atoms with Crippen LogP contribution in [0.1, 0.15) is 50.0 Å². The third kappa shape index (κ3) is 5.84. The number of ether oxygens (including phenoxy) is 6. The molecule has 2 heterocycles. The molecule has 2 unspecified atom stereocenters. The largest absolute Gasteiger partial charge is 0.497 e. The molecule has 0 spiro atoms. The van der Waals surface area contributed by atoms with E-state index in [0.29, 0.717) is 17.7 Å². The Morgan fingerprint density at radius 3 is 2.53 bits per heavy atom. The Morgan fingerprint density at radius 2 is 1.85 bits per heavy atom. The Hall–Kier alpha value is -2.75. The standard InChI is InChI=1S/C25H31FO8/c1-15-25(4,26)11-10-18(27)22-19(33-24(2,3)34-22)9-7-8-16-12-17(30-6)13-20(31-14-29-5)21(16)23(28)32-15/h7-8,10-13,15,19,22H,9,14H2,1-6H3/b8-7+,11-10-/t15?,19-,22+,25?/m0/s1. The molecule has 0 bridgehead atoms. The maximum Gasteiger partial charge on any atom is 0.342 e. The van der Waals surface area contributed by atoms with E-state index >= 15 is 4.39 Å². The molecule has 186 valence electrons. The van der Waals surface area contributed by atoms with Gasteiger partial charge in [0.1, 0.15) is 29.3 Å². The van der Waals surface area contributed by atoms with Crippen LogP contribution >= 0.6 is 0 Å². The van der Waals surface area contributed by atoms with Gasteiger partial charge in [-0.05, 0) is 57.9 Å². The minimum atomic E-state index is -2.13. The van der Waals surface area contributed by atoms with Crippen molar-refractivity contribution in [2.24, 2.45) is 0 Å². The van der Waals surface area contributed by atoms with Crippen molar-refractivity contribution in [2.45, 2.75) is 63.9 Å². The summed E-state index contributed by atoms with van der Waals surface area (Å²) in [6.07, 6.45) is 3.23. The van der Waals surface area contributed by atoms with Crippen LogP contribution in [-0.4, -0.2) is 62.5 Å². The van der Waals surface area contributed by atoms with E-state index < -0.39 is 41.5 Å². The average molecular weight is 479 g/mol. The Labute approximate surface area is 198 Å². The molecule has 2 aliphatic heterocycles. The number of halogens is 1. The third-order valence-electron chi connectivity index (χ3n) is 5.66. The molecule has 1 aromatic rings. The number of cyclic esters (lactones) is 1. The van der Waals surface area contributed by atoms with Crippen molar-refractivity contribution >= 4 is 17.8 Å². The van der Waals surface area contributed by atoms with Crippen LogP contribution in [-0.2, 0) is 23.7 Å². The van der Waals surface area contributed by atoms with Crippen LogP contribution in [0.5, 0.6) is 11.5 Å². The fraction of sp³-hybridized carbons (Fsp3) is 0.520. The third-order valence-corrected chi connectivity index (χ3v) is 5.66. The van der Waals surface area contributed by atoms with Gasteiger partial charge in [0.05, 0.1) is 13.2 Å². The molecule has 9 heteroatoms. The highest BCUT2D eigenvalue weighted by molar-refractivity contribution is 5.97. The summed E-state index contributed by atoms with van der Waals surface area (Å²) in [5.74, 6) is -1.60. The predicted molar refractivity (Wildman–Crippen MR) is 122 cm³/mol. The first-order chi connectivity index (χ1) is 16.0. The van der Waals surface area contributed by atoms with Crippen molar-refractivity contribution in [1.29, 1.82) is 0 Å². The van der Waals surface area contributed by atoms with Gasteiger partial charge in [-0.3, -0.25) is 4.79 Å². The van der Waals surface area contributed by atoms with Gasteiger partial charge in [-0.25, -0.2) is 9.18 Å². The lowest BCUT2D eigenvalue weighted by Gasteiger charge is -2.25. The van der Waals surface area contributed by atoms with Crippen LogP contribution in [0.15, 0.2) is 30.4 Å². The summed E-state index contributed by atoms with van der Waals surface area (Å²) < 4.78 is 48.5.